The van der Waals surface area contributed by atoms with Crippen molar-refractivity contribution in [1.29, 1.82) is 0 Å². The average molecular weight is 370 g/mol. The quantitative estimate of drug-likeness (QED) is 0.702. The summed E-state index contributed by atoms with van der Waals surface area (Å²) in [5.74, 6) is -1.27. The van der Waals surface area contributed by atoms with Gasteiger partial charge in [0, 0.05) is 24.2 Å². The Labute approximate surface area is 155 Å². The molecule has 2 aromatic carbocycles. The van der Waals surface area contributed by atoms with E-state index in [-0.39, 0.29) is 29.7 Å². The van der Waals surface area contributed by atoms with E-state index in [1.807, 2.05) is 0 Å². The standard InChI is InChI=1S/C19H19FN4O3/c20-13-5-8-15(21)16(10-13)23-19(27)12-3-6-14(7-4-12)22-17(25)11-24-9-1-2-18(24)26/h3-8,10H,1-2,9,11,21H2,(H,22,25)(H,23,27). The molecule has 1 heterocycles. The predicted octanol–water partition coefficient (Wildman–Crippen LogP) is 2.22. The second-order valence-corrected chi connectivity index (χ2v) is 6.23. The summed E-state index contributed by atoms with van der Waals surface area (Å²) in [6, 6.07) is 9.93. The number of carbonyl (C=O) groups is 3. The van der Waals surface area contributed by atoms with Gasteiger partial charge in [-0.2, -0.15) is 0 Å². The topological polar surface area (TPSA) is 105 Å². The summed E-state index contributed by atoms with van der Waals surface area (Å²) in [6.07, 6.45) is 1.25. The molecule has 1 saturated heterocycles. The van der Waals surface area contributed by atoms with Gasteiger partial charge in [0.15, 0.2) is 0 Å². The monoisotopic (exact) mass is 370 g/mol. The summed E-state index contributed by atoms with van der Waals surface area (Å²) in [4.78, 5) is 37.3. The van der Waals surface area contributed by atoms with Crippen molar-refractivity contribution >= 4 is 34.8 Å². The largest absolute Gasteiger partial charge is 0.397 e. The molecule has 0 atom stereocenters. The number of hydrogen-bond acceptors (Lipinski definition) is 4. The van der Waals surface area contributed by atoms with Crippen LogP contribution in [0.1, 0.15) is 23.2 Å². The van der Waals surface area contributed by atoms with E-state index < -0.39 is 11.7 Å². The third kappa shape index (κ3) is 4.60. The minimum atomic E-state index is -0.506. The lowest BCUT2D eigenvalue weighted by Gasteiger charge is -2.15. The van der Waals surface area contributed by atoms with E-state index in [0.717, 1.165) is 12.5 Å². The van der Waals surface area contributed by atoms with Gasteiger partial charge < -0.3 is 21.3 Å². The number of nitrogens with zero attached hydrogens (tertiary/aromatic N) is 1. The molecule has 0 spiro atoms. The molecule has 8 heteroatoms. The van der Waals surface area contributed by atoms with E-state index in [4.69, 9.17) is 5.73 Å². The fraction of sp³-hybridized carbons (Fsp3) is 0.211. The maximum Gasteiger partial charge on any atom is 0.255 e. The third-order valence-corrected chi connectivity index (χ3v) is 4.20. The summed E-state index contributed by atoms with van der Waals surface area (Å²) in [5.41, 5.74) is 6.99. The molecule has 1 aliphatic heterocycles. The Morgan fingerprint density at radius 1 is 1.11 bits per heavy atom. The zero-order valence-electron chi connectivity index (χ0n) is 14.5. The van der Waals surface area contributed by atoms with Gasteiger partial charge in [0.25, 0.3) is 5.91 Å². The average Bonchev–Trinajstić information content (AvgIpc) is 3.03. The van der Waals surface area contributed by atoms with Crippen molar-refractivity contribution in [2.45, 2.75) is 12.8 Å². The van der Waals surface area contributed by atoms with Gasteiger partial charge in [0.05, 0.1) is 17.9 Å². The normalized spacial score (nSPS) is 13.5. The molecule has 0 radical (unpaired) electrons. The molecule has 0 unspecified atom stereocenters. The zero-order chi connectivity index (χ0) is 19.4. The van der Waals surface area contributed by atoms with Crippen LogP contribution in [0.5, 0.6) is 0 Å². The van der Waals surface area contributed by atoms with E-state index in [2.05, 4.69) is 10.6 Å². The van der Waals surface area contributed by atoms with Crippen LogP contribution in [0.15, 0.2) is 42.5 Å². The van der Waals surface area contributed by atoms with E-state index in [0.29, 0.717) is 24.2 Å². The Bertz CT molecular complexity index is 883. The number of anilines is 3. The highest BCUT2D eigenvalue weighted by Gasteiger charge is 2.22. The first-order chi connectivity index (χ1) is 12.9. The number of carbonyl (C=O) groups excluding carboxylic acids is 3. The van der Waals surface area contributed by atoms with E-state index in [9.17, 15) is 18.8 Å². The summed E-state index contributed by atoms with van der Waals surface area (Å²) >= 11 is 0. The highest BCUT2D eigenvalue weighted by molar-refractivity contribution is 6.06. The van der Waals surface area contributed by atoms with Gasteiger partial charge in [-0.15, -0.1) is 0 Å². The highest BCUT2D eigenvalue weighted by Crippen LogP contribution is 2.20. The van der Waals surface area contributed by atoms with Gasteiger partial charge in [-0.05, 0) is 48.9 Å². The van der Waals surface area contributed by atoms with Crippen molar-refractivity contribution in [1.82, 2.24) is 4.90 Å². The maximum atomic E-state index is 13.3. The molecule has 4 N–H and O–H groups in total. The van der Waals surface area contributed by atoms with E-state index >= 15 is 0 Å². The summed E-state index contributed by atoms with van der Waals surface area (Å²) < 4.78 is 13.3. The lowest BCUT2D eigenvalue weighted by Crippen LogP contribution is -2.33. The van der Waals surface area contributed by atoms with Gasteiger partial charge in [0.1, 0.15) is 5.82 Å². The Morgan fingerprint density at radius 3 is 2.52 bits per heavy atom. The third-order valence-electron chi connectivity index (χ3n) is 4.20. The van der Waals surface area contributed by atoms with E-state index in [1.54, 1.807) is 12.1 Å². The van der Waals surface area contributed by atoms with Gasteiger partial charge in [-0.1, -0.05) is 0 Å². The summed E-state index contributed by atoms with van der Waals surface area (Å²) in [6.45, 7) is 0.606. The fourth-order valence-corrected chi connectivity index (χ4v) is 2.78. The van der Waals surface area contributed by atoms with Crippen LogP contribution >= 0.6 is 0 Å². The Balaban J connectivity index is 1.59. The van der Waals surface area contributed by atoms with Crippen molar-refractivity contribution in [3.8, 4) is 0 Å². The number of amides is 3. The first-order valence-electron chi connectivity index (χ1n) is 8.46. The molecule has 0 saturated carbocycles. The molecular weight excluding hydrogens is 351 g/mol. The maximum absolute atomic E-state index is 13.3. The molecule has 3 rings (SSSR count). The second kappa shape index (κ2) is 7.86. The van der Waals surface area contributed by atoms with Crippen LogP contribution < -0.4 is 16.4 Å². The first kappa shape index (κ1) is 18.4. The fourth-order valence-electron chi connectivity index (χ4n) is 2.78. The van der Waals surface area contributed by atoms with Crippen molar-refractivity contribution in [3.63, 3.8) is 0 Å². The van der Waals surface area contributed by atoms with Gasteiger partial charge >= 0.3 is 0 Å². The molecule has 0 aliphatic carbocycles. The molecule has 1 aliphatic rings. The number of nitrogens with two attached hydrogens (primary N) is 1. The van der Waals surface area contributed by atoms with Crippen LogP contribution in [0.3, 0.4) is 0 Å². The highest BCUT2D eigenvalue weighted by atomic mass is 19.1. The number of hydrogen-bond donors (Lipinski definition) is 3. The van der Waals surface area contributed by atoms with Crippen molar-refractivity contribution in [3.05, 3.63) is 53.8 Å². The minimum absolute atomic E-state index is 0.0138. The van der Waals surface area contributed by atoms with Crippen molar-refractivity contribution < 1.29 is 18.8 Å². The number of likely N-dealkylation sites (tertiary alicyclic amines) is 1. The van der Waals surface area contributed by atoms with Gasteiger partial charge in [-0.25, -0.2) is 4.39 Å². The molecule has 7 nitrogen and oxygen atoms in total. The lowest BCUT2D eigenvalue weighted by molar-refractivity contribution is -0.131. The molecular formula is C19H19FN4O3. The Hall–Kier alpha value is -3.42. The van der Waals surface area contributed by atoms with Crippen LogP contribution in [-0.2, 0) is 9.59 Å². The molecule has 1 fully saturated rings. The van der Waals surface area contributed by atoms with Gasteiger partial charge in [0.2, 0.25) is 11.8 Å². The summed E-state index contributed by atoms with van der Waals surface area (Å²) in [5, 5.41) is 5.23. The van der Waals surface area contributed by atoms with E-state index in [1.165, 1.54) is 29.2 Å². The number of halogens is 1. The van der Waals surface area contributed by atoms with Crippen LogP contribution in [0.2, 0.25) is 0 Å². The molecule has 27 heavy (non-hydrogen) atoms. The molecule has 2 aromatic rings. The zero-order valence-corrected chi connectivity index (χ0v) is 14.5. The molecule has 0 bridgehead atoms. The van der Waals surface area contributed by atoms with Crippen molar-refractivity contribution in [2.75, 3.05) is 29.5 Å². The SMILES string of the molecule is Nc1ccc(F)cc1NC(=O)c1ccc(NC(=O)CN2CCCC2=O)cc1. The predicted molar refractivity (Wildman–Crippen MR) is 99.7 cm³/mol. The number of benzene rings is 2. The molecule has 140 valence electrons. The number of nitrogens with one attached hydrogen (secondary N) is 2. The number of nitrogen functional groups attached to an aromatic ring is 1. The Kier molecular flexibility index (Phi) is 5.35. The van der Waals surface area contributed by atoms with Gasteiger partial charge in [-0.3, -0.25) is 14.4 Å². The van der Waals surface area contributed by atoms with Crippen LogP contribution in [0.4, 0.5) is 21.5 Å². The first-order valence-corrected chi connectivity index (χ1v) is 8.46. The van der Waals surface area contributed by atoms with Crippen LogP contribution in [0.25, 0.3) is 0 Å². The second-order valence-electron chi connectivity index (χ2n) is 6.23. The van der Waals surface area contributed by atoms with Crippen LogP contribution in [0, 0.1) is 5.82 Å². The van der Waals surface area contributed by atoms with Crippen molar-refractivity contribution in [2.24, 2.45) is 0 Å². The minimum Gasteiger partial charge on any atom is -0.397 e. The van der Waals surface area contributed by atoms with Crippen LogP contribution in [-0.4, -0.2) is 35.7 Å². The molecule has 0 aromatic heterocycles. The smallest absolute Gasteiger partial charge is 0.255 e. The number of rotatable bonds is 5. The molecule has 3 amide bonds. The Morgan fingerprint density at radius 2 is 1.85 bits per heavy atom. The summed E-state index contributed by atoms with van der Waals surface area (Å²) in [7, 11) is 0. The lowest BCUT2D eigenvalue weighted by atomic mass is 10.1.